The van der Waals surface area contributed by atoms with Gasteiger partial charge in [0.15, 0.2) is 0 Å². The molecule has 4 rings (SSSR count). The van der Waals surface area contributed by atoms with Crippen LogP contribution in [0.5, 0.6) is 0 Å². The summed E-state index contributed by atoms with van der Waals surface area (Å²) in [4.78, 5) is 15.6. The number of aromatic carboxylic acids is 1. The summed E-state index contributed by atoms with van der Waals surface area (Å²) in [5.41, 5.74) is 1.86. The van der Waals surface area contributed by atoms with Gasteiger partial charge in [-0.2, -0.15) is 0 Å². The zero-order valence-electron chi connectivity index (χ0n) is 13.8. The molecule has 1 aromatic heterocycles. The molecule has 0 fully saturated rings. The van der Waals surface area contributed by atoms with Gasteiger partial charge in [0, 0.05) is 18.1 Å². The SMILES string of the molecule is O=C(O)c1ccc2c(c1)CCCN2S(=O)(=O)c1cccc2cccnc12. The Bertz CT molecular complexity index is 1120. The number of hydrogen-bond acceptors (Lipinski definition) is 4. The lowest BCUT2D eigenvalue weighted by Gasteiger charge is -2.30. The Morgan fingerprint density at radius 1 is 1.12 bits per heavy atom. The number of pyridine rings is 1. The molecule has 0 bridgehead atoms. The molecule has 1 aliphatic heterocycles. The number of anilines is 1. The summed E-state index contributed by atoms with van der Waals surface area (Å²) in [5, 5.41) is 9.92. The second kappa shape index (κ2) is 6.10. The minimum Gasteiger partial charge on any atom is -0.478 e. The van der Waals surface area contributed by atoms with Gasteiger partial charge in [-0.1, -0.05) is 18.2 Å². The highest BCUT2D eigenvalue weighted by molar-refractivity contribution is 7.93. The molecule has 0 aliphatic carbocycles. The molecule has 1 N–H and O–H groups in total. The van der Waals surface area contributed by atoms with Gasteiger partial charge in [0.2, 0.25) is 0 Å². The smallest absolute Gasteiger partial charge is 0.335 e. The van der Waals surface area contributed by atoms with Crippen LogP contribution in [0.4, 0.5) is 5.69 Å². The highest BCUT2D eigenvalue weighted by Crippen LogP contribution is 2.34. The van der Waals surface area contributed by atoms with E-state index >= 15 is 0 Å². The lowest BCUT2D eigenvalue weighted by molar-refractivity contribution is 0.0696. The fraction of sp³-hybridized carbons (Fsp3) is 0.158. The molecule has 132 valence electrons. The van der Waals surface area contributed by atoms with E-state index in [0.717, 1.165) is 10.9 Å². The molecule has 0 saturated heterocycles. The maximum atomic E-state index is 13.4. The molecule has 3 aromatic rings. The summed E-state index contributed by atoms with van der Waals surface area (Å²) >= 11 is 0. The van der Waals surface area contributed by atoms with Gasteiger partial charge < -0.3 is 5.11 Å². The molecule has 26 heavy (non-hydrogen) atoms. The molecule has 6 nitrogen and oxygen atoms in total. The molecule has 7 heteroatoms. The molecule has 1 aliphatic rings. The van der Waals surface area contributed by atoms with Crippen LogP contribution >= 0.6 is 0 Å². The molecule has 0 unspecified atom stereocenters. The van der Waals surface area contributed by atoms with E-state index < -0.39 is 16.0 Å². The first-order chi connectivity index (χ1) is 12.5. The summed E-state index contributed by atoms with van der Waals surface area (Å²) in [7, 11) is -3.81. The molecule has 0 spiro atoms. The first kappa shape index (κ1) is 16.5. The minimum atomic E-state index is -3.81. The summed E-state index contributed by atoms with van der Waals surface area (Å²) in [6.07, 6.45) is 2.86. The quantitative estimate of drug-likeness (QED) is 0.768. The van der Waals surface area contributed by atoms with Crippen LogP contribution in [-0.2, 0) is 16.4 Å². The molecule has 2 aromatic carbocycles. The van der Waals surface area contributed by atoms with Crippen LogP contribution in [0.15, 0.2) is 59.6 Å². The van der Waals surface area contributed by atoms with Crippen LogP contribution in [-0.4, -0.2) is 31.0 Å². The van der Waals surface area contributed by atoms with Crippen LogP contribution in [0.25, 0.3) is 10.9 Å². The molecule has 0 saturated carbocycles. The van der Waals surface area contributed by atoms with Crippen molar-refractivity contribution in [1.29, 1.82) is 0 Å². The Balaban J connectivity index is 1.87. The van der Waals surface area contributed by atoms with Crippen LogP contribution in [0.2, 0.25) is 0 Å². The van der Waals surface area contributed by atoms with Gasteiger partial charge in [-0.05, 0) is 48.7 Å². The summed E-state index contributed by atoms with van der Waals surface area (Å²) < 4.78 is 28.1. The monoisotopic (exact) mass is 368 g/mol. The van der Waals surface area contributed by atoms with Crippen molar-refractivity contribution in [3.05, 3.63) is 65.9 Å². The normalized spacial score (nSPS) is 14.2. The predicted octanol–water partition coefficient (Wildman–Crippen LogP) is 3.07. The maximum absolute atomic E-state index is 13.4. The largest absolute Gasteiger partial charge is 0.478 e. The third-order valence-corrected chi connectivity index (χ3v) is 6.41. The van der Waals surface area contributed by atoms with E-state index in [1.807, 2.05) is 12.1 Å². The maximum Gasteiger partial charge on any atom is 0.335 e. The van der Waals surface area contributed by atoms with Crippen molar-refractivity contribution in [3.8, 4) is 0 Å². The third-order valence-electron chi connectivity index (χ3n) is 4.57. The number of sulfonamides is 1. The van der Waals surface area contributed by atoms with Crippen molar-refractivity contribution < 1.29 is 18.3 Å². The highest BCUT2D eigenvalue weighted by atomic mass is 32.2. The zero-order valence-corrected chi connectivity index (χ0v) is 14.6. The first-order valence-corrected chi connectivity index (χ1v) is 9.65. The van der Waals surface area contributed by atoms with E-state index in [2.05, 4.69) is 4.98 Å². The van der Waals surface area contributed by atoms with Crippen LogP contribution in [0.3, 0.4) is 0 Å². The fourth-order valence-corrected chi connectivity index (χ4v) is 5.06. The lowest BCUT2D eigenvalue weighted by atomic mass is 10.0. The Hall–Kier alpha value is -2.93. The van der Waals surface area contributed by atoms with Crippen molar-refractivity contribution >= 4 is 32.6 Å². The minimum absolute atomic E-state index is 0.158. The third kappa shape index (κ3) is 2.61. The lowest BCUT2D eigenvalue weighted by Crippen LogP contribution is -2.35. The van der Waals surface area contributed by atoms with Crippen LogP contribution in [0, 0.1) is 0 Å². The Labute approximate surface area is 150 Å². The van der Waals surface area contributed by atoms with Crippen molar-refractivity contribution in [3.63, 3.8) is 0 Å². The average molecular weight is 368 g/mol. The van der Waals surface area contributed by atoms with Crippen molar-refractivity contribution in [1.82, 2.24) is 4.98 Å². The number of aromatic nitrogens is 1. The Kier molecular flexibility index (Phi) is 3.88. The highest BCUT2D eigenvalue weighted by Gasteiger charge is 2.31. The van der Waals surface area contributed by atoms with Gasteiger partial charge in [0.05, 0.1) is 16.8 Å². The predicted molar refractivity (Wildman–Crippen MR) is 98.0 cm³/mol. The number of para-hydroxylation sites is 1. The zero-order chi connectivity index (χ0) is 18.3. The second-order valence-corrected chi connectivity index (χ2v) is 7.99. The first-order valence-electron chi connectivity index (χ1n) is 8.21. The molecular weight excluding hydrogens is 352 g/mol. The summed E-state index contributed by atoms with van der Waals surface area (Å²) in [5.74, 6) is -1.02. The van der Waals surface area contributed by atoms with Gasteiger partial charge in [-0.15, -0.1) is 0 Å². The molecule has 2 heterocycles. The molecule has 0 radical (unpaired) electrons. The number of benzene rings is 2. The van der Waals surface area contributed by atoms with Crippen LogP contribution < -0.4 is 4.31 Å². The number of rotatable bonds is 3. The van der Waals surface area contributed by atoms with Gasteiger partial charge in [0.1, 0.15) is 4.90 Å². The van der Waals surface area contributed by atoms with Gasteiger partial charge in [0.25, 0.3) is 10.0 Å². The number of aryl methyl sites for hydroxylation is 1. The number of nitrogens with zero attached hydrogens (tertiary/aromatic N) is 2. The number of carbonyl (C=O) groups is 1. The number of carboxylic acids is 1. The van der Waals surface area contributed by atoms with Crippen molar-refractivity contribution in [2.24, 2.45) is 0 Å². The number of hydrogen-bond donors (Lipinski definition) is 1. The molecule has 0 amide bonds. The second-order valence-electron chi connectivity index (χ2n) is 6.16. The molecular formula is C19H16N2O4S. The topological polar surface area (TPSA) is 87.6 Å². The fourth-order valence-electron chi connectivity index (χ4n) is 3.35. The van der Waals surface area contributed by atoms with E-state index in [1.165, 1.54) is 10.4 Å². The average Bonchev–Trinajstić information content (AvgIpc) is 2.66. The Morgan fingerprint density at radius 2 is 1.92 bits per heavy atom. The van der Waals surface area contributed by atoms with Gasteiger partial charge in [-0.3, -0.25) is 9.29 Å². The standard InChI is InChI=1S/C19H16N2O4S/c22-19(23)15-8-9-16-14(12-15)6-3-11-21(16)26(24,25)17-7-1-4-13-5-2-10-20-18(13)17/h1-2,4-5,7-10,12H,3,6,11H2,(H,22,23). The van der Waals surface area contributed by atoms with Crippen molar-refractivity contribution in [2.45, 2.75) is 17.7 Å². The van der Waals surface area contributed by atoms with Crippen LogP contribution in [0.1, 0.15) is 22.3 Å². The molecule has 0 atom stereocenters. The van der Waals surface area contributed by atoms with E-state index in [0.29, 0.717) is 30.6 Å². The summed E-state index contributed by atoms with van der Waals surface area (Å²) in [6, 6.07) is 13.3. The van der Waals surface area contributed by atoms with E-state index in [-0.39, 0.29) is 10.5 Å². The summed E-state index contributed by atoms with van der Waals surface area (Å²) in [6.45, 7) is 0.352. The van der Waals surface area contributed by atoms with E-state index in [1.54, 1.807) is 36.5 Å². The van der Waals surface area contributed by atoms with E-state index in [9.17, 15) is 13.2 Å². The van der Waals surface area contributed by atoms with Crippen molar-refractivity contribution in [2.75, 3.05) is 10.8 Å². The van der Waals surface area contributed by atoms with E-state index in [4.69, 9.17) is 5.11 Å². The Morgan fingerprint density at radius 3 is 2.73 bits per heavy atom. The number of carboxylic acid groups (broad SMARTS) is 1. The number of fused-ring (bicyclic) bond motifs is 2. The van der Waals surface area contributed by atoms with Gasteiger partial charge in [-0.25, -0.2) is 13.2 Å². The van der Waals surface area contributed by atoms with Gasteiger partial charge >= 0.3 is 5.97 Å².